The molecule has 2 rings (SSSR count). The molecule has 20 heavy (non-hydrogen) atoms. The molecule has 1 amide bonds. The van der Waals surface area contributed by atoms with E-state index in [1.165, 1.54) is 22.9 Å². The van der Waals surface area contributed by atoms with Crippen LogP contribution in [0.4, 0.5) is 5.69 Å². The minimum atomic E-state index is -0.214. The first-order chi connectivity index (χ1) is 9.49. The molecular formula is C16H18N2O2. The molecule has 0 fully saturated rings. The molecule has 0 aliphatic carbocycles. The van der Waals surface area contributed by atoms with E-state index in [1.807, 2.05) is 24.3 Å². The van der Waals surface area contributed by atoms with E-state index in [0.717, 1.165) is 11.3 Å². The summed E-state index contributed by atoms with van der Waals surface area (Å²) in [7, 11) is 1.63. The zero-order chi connectivity index (χ0) is 14.7. The van der Waals surface area contributed by atoms with Crippen molar-refractivity contribution >= 4 is 11.6 Å². The van der Waals surface area contributed by atoms with E-state index in [-0.39, 0.29) is 11.5 Å². The lowest BCUT2D eigenvalue weighted by Crippen LogP contribution is -2.20. The normalized spacial score (nSPS) is 10.6. The molecule has 0 spiro atoms. The van der Waals surface area contributed by atoms with Crippen LogP contribution in [0.25, 0.3) is 0 Å². The molecule has 0 atom stereocenters. The number of pyridine rings is 1. The summed E-state index contributed by atoms with van der Waals surface area (Å²) in [5.74, 6) is 0.111. The summed E-state index contributed by atoms with van der Waals surface area (Å²) in [6, 6.07) is 10.7. The van der Waals surface area contributed by atoms with Crippen LogP contribution in [-0.2, 0) is 7.05 Å². The molecule has 0 saturated carbocycles. The predicted octanol–water partition coefficient (Wildman–Crippen LogP) is 2.76. The van der Waals surface area contributed by atoms with Crippen LogP contribution in [0.15, 0.2) is 47.4 Å². The van der Waals surface area contributed by atoms with E-state index in [1.54, 1.807) is 7.05 Å². The smallest absolute Gasteiger partial charge is 0.257 e. The van der Waals surface area contributed by atoms with Crippen molar-refractivity contribution in [1.82, 2.24) is 4.57 Å². The molecule has 2 aromatic rings. The van der Waals surface area contributed by atoms with Gasteiger partial charge in [-0.05, 0) is 23.6 Å². The van der Waals surface area contributed by atoms with Gasteiger partial charge in [0.2, 0.25) is 5.56 Å². The maximum Gasteiger partial charge on any atom is 0.257 e. The first-order valence-electron chi connectivity index (χ1n) is 6.56. The fourth-order valence-electron chi connectivity index (χ4n) is 2.04. The molecule has 0 saturated heterocycles. The van der Waals surface area contributed by atoms with Crippen molar-refractivity contribution in [2.24, 2.45) is 7.05 Å². The van der Waals surface area contributed by atoms with E-state index in [9.17, 15) is 9.59 Å². The lowest BCUT2D eigenvalue weighted by atomic mass is 10.0. The SMILES string of the molecule is CC(C)c1ccccc1NC(=O)c1ccc(=O)n(C)c1. The van der Waals surface area contributed by atoms with Crippen LogP contribution in [-0.4, -0.2) is 10.5 Å². The van der Waals surface area contributed by atoms with E-state index >= 15 is 0 Å². The minimum Gasteiger partial charge on any atom is -0.322 e. The second-order valence-corrected chi connectivity index (χ2v) is 5.06. The Morgan fingerprint density at radius 3 is 2.50 bits per heavy atom. The lowest BCUT2D eigenvalue weighted by Gasteiger charge is -2.13. The zero-order valence-corrected chi connectivity index (χ0v) is 11.9. The highest BCUT2D eigenvalue weighted by Crippen LogP contribution is 2.24. The van der Waals surface area contributed by atoms with Gasteiger partial charge in [-0.2, -0.15) is 0 Å². The van der Waals surface area contributed by atoms with Crippen molar-refractivity contribution in [2.45, 2.75) is 19.8 Å². The van der Waals surface area contributed by atoms with Crippen molar-refractivity contribution in [3.63, 3.8) is 0 Å². The number of para-hydroxylation sites is 1. The summed E-state index contributed by atoms with van der Waals surface area (Å²) >= 11 is 0. The number of aromatic nitrogens is 1. The Morgan fingerprint density at radius 2 is 1.85 bits per heavy atom. The maximum absolute atomic E-state index is 12.2. The standard InChI is InChI=1S/C16H18N2O2/c1-11(2)13-6-4-5-7-14(13)17-16(20)12-8-9-15(19)18(3)10-12/h4-11H,1-3H3,(H,17,20). The van der Waals surface area contributed by atoms with E-state index < -0.39 is 0 Å². The van der Waals surface area contributed by atoms with Gasteiger partial charge in [0.25, 0.3) is 5.91 Å². The molecule has 1 aromatic carbocycles. The van der Waals surface area contributed by atoms with Gasteiger partial charge in [0.05, 0.1) is 5.56 Å². The third kappa shape index (κ3) is 2.96. The lowest BCUT2D eigenvalue weighted by molar-refractivity contribution is 0.102. The van der Waals surface area contributed by atoms with Gasteiger partial charge in [0, 0.05) is 25.0 Å². The number of hydrogen-bond acceptors (Lipinski definition) is 2. The van der Waals surface area contributed by atoms with E-state index in [2.05, 4.69) is 19.2 Å². The number of aryl methyl sites for hydroxylation is 1. The number of amides is 1. The maximum atomic E-state index is 12.2. The summed E-state index contributed by atoms with van der Waals surface area (Å²) in [6.07, 6.45) is 1.54. The number of anilines is 1. The number of benzene rings is 1. The van der Waals surface area contributed by atoms with Crippen molar-refractivity contribution in [1.29, 1.82) is 0 Å². The van der Waals surface area contributed by atoms with Gasteiger partial charge in [-0.3, -0.25) is 9.59 Å². The number of nitrogens with one attached hydrogen (secondary N) is 1. The van der Waals surface area contributed by atoms with Gasteiger partial charge in [-0.15, -0.1) is 0 Å². The first-order valence-corrected chi connectivity index (χ1v) is 6.56. The van der Waals surface area contributed by atoms with E-state index in [0.29, 0.717) is 11.5 Å². The molecular weight excluding hydrogens is 252 g/mol. The topological polar surface area (TPSA) is 51.1 Å². The second-order valence-electron chi connectivity index (χ2n) is 5.06. The van der Waals surface area contributed by atoms with E-state index in [4.69, 9.17) is 0 Å². The highest BCUT2D eigenvalue weighted by molar-refractivity contribution is 6.04. The van der Waals surface area contributed by atoms with Crippen molar-refractivity contribution in [2.75, 3.05) is 5.32 Å². The van der Waals surface area contributed by atoms with Crippen LogP contribution in [0.2, 0.25) is 0 Å². The van der Waals surface area contributed by atoms with Crippen LogP contribution < -0.4 is 10.9 Å². The summed E-state index contributed by atoms with van der Waals surface area (Å²) in [6.45, 7) is 4.16. The monoisotopic (exact) mass is 270 g/mol. The molecule has 1 N–H and O–H groups in total. The Hall–Kier alpha value is -2.36. The summed E-state index contributed by atoms with van der Waals surface area (Å²) in [5.41, 5.74) is 2.22. The first kappa shape index (κ1) is 14.1. The summed E-state index contributed by atoms with van der Waals surface area (Å²) in [4.78, 5) is 23.6. The Kier molecular flexibility index (Phi) is 4.03. The Bertz CT molecular complexity index is 687. The molecule has 4 nitrogen and oxygen atoms in total. The fourth-order valence-corrected chi connectivity index (χ4v) is 2.04. The van der Waals surface area contributed by atoms with Crippen LogP contribution in [0.1, 0.15) is 35.7 Å². The minimum absolute atomic E-state index is 0.135. The molecule has 0 bridgehead atoms. The number of rotatable bonds is 3. The van der Waals surface area contributed by atoms with Crippen molar-refractivity contribution in [3.05, 3.63) is 64.1 Å². The van der Waals surface area contributed by atoms with Gasteiger partial charge in [0.1, 0.15) is 0 Å². The number of carbonyl (C=O) groups excluding carboxylic acids is 1. The number of carbonyl (C=O) groups is 1. The van der Waals surface area contributed by atoms with Gasteiger partial charge in [-0.25, -0.2) is 0 Å². The molecule has 1 aromatic heterocycles. The fraction of sp³-hybridized carbons (Fsp3) is 0.250. The van der Waals surface area contributed by atoms with Gasteiger partial charge in [0.15, 0.2) is 0 Å². The molecule has 4 heteroatoms. The largest absolute Gasteiger partial charge is 0.322 e. The average Bonchev–Trinajstić information content (AvgIpc) is 2.42. The Labute approximate surface area is 118 Å². The zero-order valence-electron chi connectivity index (χ0n) is 11.9. The summed E-state index contributed by atoms with van der Waals surface area (Å²) in [5, 5.41) is 2.90. The van der Waals surface area contributed by atoms with Crippen LogP contribution in [0.3, 0.4) is 0 Å². The van der Waals surface area contributed by atoms with Gasteiger partial charge < -0.3 is 9.88 Å². The Balaban J connectivity index is 2.28. The predicted molar refractivity (Wildman–Crippen MR) is 80.2 cm³/mol. The summed E-state index contributed by atoms with van der Waals surface area (Å²) < 4.78 is 1.39. The molecule has 0 radical (unpaired) electrons. The molecule has 104 valence electrons. The quantitative estimate of drug-likeness (QED) is 0.932. The number of nitrogens with zero attached hydrogens (tertiary/aromatic N) is 1. The average molecular weight is 270 g/mol. The van der Waals surface area contributed by atoms with Crippen molar-refractivity contribution < 1.29 is 4.79 Å². The number of hydrogen-bond donors (Lipinski definition) is 1. The van der Waals surface area contributed by atoms with Crippen LogP contribution >= 0.6 is 0 Å². The molecule has 1 heterocycles. The van der Waals surface area contributed by atoms with Gasteiger partial charge >= 0.3 is 0 Å². The molecule has 0 aliphatic heterocycles. The third-order valence-corrected chi connectivity index (χ3v) is 3.18. The highest BCUT2D eigenvalue weighted by atomic mass is 16.2. The highest BCUT2D eigenvalue weighted by Gasteiger charge is 2.11. The van der Waals surface area contributed by atoms with Gasteiger partial charge in [-0.1, -0.05) is 32.0 Å². The third-order valence-electron chi connectivity index (χ3n) is 3.18. The van der Waals surface area contributed by atoms with Crippen LogP contribution in [0, 0.1) is 0 Å². The second kappa shape index (κ2) is 5.74. The van der Waals surface area contributed by atoms with Crippen LogP contribution in [0.5, 0.6) is 0 Å². The molecule has 0 unspecified atom stereocenters. The van der Waals surface area contributed by atoms with Crippen molar-refractivity contribution in [3.8, 4) is 0 Å². The molecule has 0 aliphatic rings. The Morgan fingerprint density at radius 1 is 1.15 bits per heavy atom.